The number of carbonyl (C=O) groups excluding carboxylic acids is 1. The lowest BCUT2D eigenvalue weighted by Crippen LogP contribution is -2.52. The number of benzene rings is 1. The number of aliphatic hydroxyl groups is 1. The molecular formula is C28H35NO2. The van der Waals surface area contributed by atoms with Crippen LogP contribution in [0.15, 0.2) is 54.6 Å². The van der Waals surface area contributed by atoms with E-state index >= 15 is 0 Å². The van der Waals surface area contributed by atoms with Gasteiger partial charge >= 0.3 is 0 Å². The molecule has 3 nitrogen and oxygen atoms in total. The predicted molar refractivity (Wildman–Crippen MR) is 122 cm³/mol. The lowest BCUT2D eigenvalue weighted by Gasteiger charge is -2.54. The Bertz CT molecular complexity index is 907. The Balaban J connectivity index is 1.19. The van der Waals surface area contributed by atoms with E-state index < -0.39 is 0 Å². The molecule has 1 aromatic rings. The third-order valence-corrected chi connectivity index (χ3v) is 10.0. The van der Waals surface area contributed by atoms with Crippen LogP contribution in [0.3, 0.4) is 0 Å². The number of allylic oxidation sites excluding steroid dienone is 4. The van der Waals surface area contributed by atoms with Gasteiger partial charge in [-0.1, -0.05) is 61.6 Å². The van der Waals surface area contributed by atoms with Crippen LogP contribution in [0.25, 0.3) is 0 Å². The van der Waals surface area contributed by atoms with E-state index in [2.05, 4.69) is 60.8 Å². The molecule has 1 aromatic carbocycles. The molecule has 1 amide bonds. The van der Waals surface area contributed by atoms with Crippen molar-refractivity contribution < 1.29 is 9.90 Å². The molecule has 3 heteroatoms. The number of hydrogen-bond donors (Lipinski definition) is 2. The second-order valence-corrected chi connectivity index (χ2v) is 11.1. The SMILES string of the molecule is CC1C=CC=CC1C1C(CC(=O)NCCc2ccccc2)C2CC3C(O)C4CC1C32C4. The zero-order valence-electron chi connectivity index (χ0n) is 18.5. The van der Waals surface area contributed by atoms with Crippen LogP contribution >= 0.6 is 0 Å². The lowest BCUT2D eigenvalue weighted by molar-refractivity contribution is -0.125. The Hall–Kier alpha value is -1.87. The van der Waals surface area contributed by atoms with E-state index in [0.717, 1.165) is 12.8 Å². The van der Waals surface area contributed by atoms with Crippen LogP contribution in [0.2, 0.25) is 0 Å². The normalized spacial score (nSPS) is 46.1. The van der Waals surface area contributed by atoms with Crippen LogP contribution in [0.5, 0.6) is 0 Å². The molecule has 4 fully saturated rings. The van der Waals surface area contributed by atoms with Crippen molar-refractivity contribution in [2.45, 2.75) is 45.1 Å². The van der Waals surface area contributed by atoms with Crippen molar-refractivity contribution in [2.24, 2.45) is 52.8 Å². The number of amides is 1. The maximum atomic E-state index is 13.1. The molecule has 2 bridgehead atoms. The molecule has 4 saturated carbocycles. The zero-order chi connectivity index (χ0) is 21.2. The van der Waals surface area contributed by atoms with E-state index in [1.54, 1.807) is 0 Å². The minimum atomic E-state index is -0.0779. The second-order valence-electron chi connectivity index (χ2n) is 11.1. The van der Waals surface area contributed by atoms with Crippen molar-refractivity contribution in [3.05, 3.63) is 60.2 Å². The molecule has 0 saturated heterocycles. The number of aliphatic hydroxyl groups excluding tert-OH is 1. The topological polar surface area (TPSA) is 49.3 Å². The van der Waals surface area contributed by atoms with Crippen LogP contribution < -0.4 is 5.32 Å². The predicted octanol–water partition coefficient (Wildman–Crippen LogP) is 4.38. The first-order valence-electron chi connectivity index (χ1n) is 12.4. The Morgan fingerprint density at radius 2 is 1.90 bits per heavy atom. The van der Waals surface area contributed by atoms with Gasteiger partial charge in [-0.25, -0.2) is 0 Å². The third-order valence-electron chi connectivity index (χ3n) is 10.0. The van der Waals surface area contributed by atoms with Gasteiger partial charge in [0.05, 0.1) is 6.10 Å². The van der Waals surface area contributed by atoms with Crippen LogP contribution in [-0.2, 0) is 11.2 Å². The molecular weight excluding hydrogens is 382 g/mol. The molecule has 164 valence electrons. The van der Waals surface area contributed by atoms with Gasteiger partial charge in [0.2, 0.25) is 5.91 Å². The van der Waals surface area contributed by atoms with Gasteiger partial charge in [-0.3, -0.25) is 4.79 Å². The standard InChI is InChI=1S/C28H35NO2/c1-17-7-5-6-10-20(17)26-21(14-25(30)29-12-11-18-8-3-2-4-9-18)22-15-24-27(31)19-13-23(26)28(22,24)16-19/h2-10,17,19-24,26-27,31H,11-16H2,1H3,(H,29,30). The highest BCUT2D eigenvalue weighted by molar-refractivity contribution is 5.76. The molecule has 6 rings (SSSR count). The van der Waals surface area contributed by atoms with Crippen molar-refractivity contribution in [1.82, 2.24) is 5.32 Å². The highest BCUT2D eigenvalue weighted by atomic mass is 16.3. The fourth-order valence-electron chi connectivity index (χ4n) is 8.94. The van der Waals surface area contributed by atoms with E-state index in [1.165, 1.54) is 18.4 Å². The number of nitrogens with one attached hydrogen (secondary N) is 1. The average Bonchev–Trinajstić information content (AvgIpc) is 3.32. The lowest BCUT2D eigenvalue weighted by atomic mass is 9.51. The van der Waals surface area contributed by atoms with Gasteiger partial charge in [-0.2, -0.15) is 0 Å². The Morgan fingerprint density at radius 3 is 2.68 bits per heavy atom. The largest absolute Gasteiger partial charge is 0.393 e. The highest BCUT2D eigenvalue weighted by Crippen LogP contribution is 2.81. The van der Waals surface area contributed by atoms with Crippen LogP contribution in [-0.4, -0.2) is 23.7 Å². The maximum Gasteiger partial charge on any atom is 0.220 e. The van der Waals surface area contributed by atoms with Gasteiger partial charge in [0.15, 0.2) is 0 Å². The van der Waals surface area contributed by atoms with Crippen molar-refractivity contribution in [1.29, 1.82) is 0 Å². The monoisotopic (exact) mass is 417 g/mol. The van der Waals surface area contributed by atoms with Crippen LogP contribution in [0.1, 0.15) is 38.2 Å². The summed E-state index contributed by atoms with van der Waals surface area (Å²) in [4.78, 5) is 13.1. The summed E-state index contributed by atoms with van der Waals surface area (Å²) in [5, 5.41) is 14.0. The molecule has 2 N–H and O–H groups in total. The molecule has 0 heterocycles. The first-order chi connectivity index (χ1) is 15.1. The Labute approximate surface area is 186 Å². The summed E-state index contributed by atoms with van der Waals surface area (Å²) in [6.07, 6.45) is 14.2. The first kappa shape index (κ1) is 19.8. The van der Waals surface area contributed by atoms with Crippen LogP contribution in [0, 0.1) is 52.8 Å². The van der Waals surface area contributed by atoms with Gasteiger partial charge in [0, 0.05) is 13.0 Å². The fourth-order valence-corrected chi connectivity index (χ4v) is 8.94. The van der Waals surface area contributed by atoms with Crippen molar-refractivity contribution >= 4 is 5.91 Å². The quantitative estimate of drug-likeness (QED) is 0.722. The summed E-state index contributed by atoms with van der Waals surface area (Å²) in [6.45, 7) is 3.06. The van der Waals surface area contributed by atoms with E-state index in [0.29, 0.717) is 65.7 Å². The summed E-state index contributed by atoms with van der Waals surface area (Å²) in [7, 11) is 0. The summed E-state index contributed by atoms with van der Waals surface area (Å²) >= 11 is 0. The number of hydrogen-bond acceptors (Lipinski definition) is 2. The van der Waals surface area contributed by atoms with E-state index in [-0.39, 0.29) is 12.0 Å². The number of rotatable bonds is 6. The summed E-state index contributed by atoms with van der Waals surface area (Å²) in [5.74, 6) is 4.72. The smallest absolute Gasteiger partial charge is 0.220 e. The Morgan fingerprint density at radius 1 is 1.10 bits per heavy atom. The first-order valence-corrected chi connectivity index (χ1v) is 12.4. The Kier molecular flexibility index (Phi) is 4.68. The molecule has 10 atom stereocenters. The minimum Gasteiger partial charge on any atom is -0.393 e. The molecule has 5 aliphatic carbocycles. The van der Waals surface area contributed by atoms with Gasteiger partial charge in [0.25, 0.3) is 0 Å². The highest BCUT2D eigenvalue weighted by Gasteiger charge is 2.78. The third kappa shape index (κ3) is 2.85. The van der Waals surface area contributed by atoms with Crippen molar-refractivity contribution in [2.75, 3.05) is 6.54 Å². The molecule has 1 spiro atoms. The van der Waals surface area contributed by atoms with Crippen LogP contribution in [0.4, 0.5) is 0 Å². The summed E-state index contributed by atoms with van der Waals surface area (Å²) < 4.78 is 0. The van der Waals surface area contributed by atoms with Gasteiger partial charge in [-0.15, -0.1) is 0 Å². The molecule has 10 unspecified atom stereocenters. The van der Waals surface area contributed by atoms with Gasteiger partial charge in [-0.05, 0) is 84.0 Å². The van der Waals surface area contributed by atoms with E-state index in [1.807, 2.05) is 6.07 Å². The summed E-state index contributed by atoms with van der Waals surface area (Å²) in [5.41, 5.74) is 1.62. The molecule has 0 radical (unpaired) electrons. The van der Waals surface area contributed by atoms with Crippen molar-refractivity contribution in [3.63, 3.8) is 0 Å². The number of fused-ring (bicyclic) bond motifs is 1. The van der Waals surface area contributed by atoms with Gasteiger partial charge < -0.3 is 10.4 Å². The van der Waals surface area contributed by atoms with E-state index in [4.69, 9.17) is 0 Å². The molecule has 31 heavy (non-hydrogen) atoms. The average molecular weight is 418 g/mol. The summed E-state index contributed by atoms with van der Waals surface area (Å²) in [6, 6.07) is 10.4. The van der Waals surface area contributed by atoms with E-state index in [9.17, 15) is 9.90 Å². The van der Waals surface area contributed by atoms with Crippen molar-refractivity contribution in [3.8, 4) is 0 Å². The second kappa shape index (κ2) is 7.33. The molecule has 0 aliphatic heterocycles. The van der Waals surface area contributed by atoms with Gasteiger partial charge in [0.1, 0.15) is 0 Å². The molecule has 5 aliphatic rings. The zero-order valence-corrected chi connectivity index (χ0v) is 18.5. The fraction of sp³-hybridized carbons (Fsp3) is 0.607. The number of carbonyl (C=O) groups is 1. The maximum absolute atomic E-state index is 13.1. The molecule has 0 aromatic heterocycles. The minimum absolute atomic E-state index is 0.0779.